The normalized spacial score (nSPS) is 10.2. The van der Waals surface area contributed by atoms with Gasteiger partial charge in [0.1, 0.15) is 5.75 Å². The SMILES string of the molecule is COc1cc(Br)ccc1C(=O)Nc1cc(Cl)ccc1Cl. The van der Waals surface area contributed by atoms with E-state index >= 15 is 0 Å². The van der Waals surface area contributed by atoms with Gasteiger partial charge in [-0.15, -0.1) is 0 Å². The number of halogens is 3. The van der Waals surface area contributed by atoms with Crippen molar-refractivity contribution in [3.8, 4) is 5.75 Å². The third-order valence-corrected chi connectivity index (χ3v) is 3.64. The lowest BCUT2D eigenvalue weighted by Gasteiger charge is -2.11. The van der Waals surface area contributed by atoms with Gasteiger partial charge >= 0.3 is 0 Å². The largest absolute Gasteiger partial charge is 0.496 e. The maximum Gasteiger partial charge on any atom is 0.259 e. The lowest BCUT2D eigenvalue weighted by atomic mass is 10.2. The van der Waals surface area contributed by atoms with E-state index in [0.717, 1.165) is 4.47 Å². The van der Waals surface area contributed by atoms with Crippen LogP contribution < -0.4 is 10.1 Å². The summed E-state index contributed by atoms with van der Waals surface area (Å²) in [6.07, 6.45) is 0. The molecule has 0 bridgehead atoms. The van der Waals surface area contributed by atoms with Crippen LogP contribution in [0.4, 0.5) is 5.69 Å². The van der Waals surface area contributed by atoms with E-state index in [2.05, 4.69) is 21.2 Å². The first kappa shape index (κ1) is 15.2. The molecule has 0 fully saturated rings. The molecular formula is C14H10BrCl2NO2. The van der Waals surface area contributed by atoms with Crippen molar-refractivity contribution in [3.05, 3.63) is 56.5 Å². The number of benzene rings is 2. The molecule has 0 aliphatic carbocycles. The predicted octanol–water partition coefficient (Wildman–Crippen LogP) is 5.02. The smallest absolute Gasteiger partial charge is 0.259 e. The number of hydrogen-bond acceptors (Lipinski definition) is 2. The summed E-state index contributed by atoms with van der Waals surface area (Å²) in [6, 6.07) is 10.0. The second-order valence-electron chi connectivity index (χ2n) is 3.92. The van der Waals surface area contributed by atoms with Crippen LogP contribution in [0.15, 0.2) is 40.9 Å². The number of amides is 1. The van der Waals surface area contributed by atoms with Crippen molar-refractivity contribution < 1.29 is 9.53 Å². The van der Waals surface area contributed by atoms with Crippen LogP contribution in [0.3, 0.4) is 0 Å². The van der Waals surface area contributed by atoms with E-state index in [1.807, 2.05) is 0 Å². The number of carbonyl (C=O) groups excluding carboxylic acids is 1. The first-order valence-corrected chi connectivity index (χ1v) is 7.16. The Kier molecular flexibility index (Phi) is 4.91. The molecule has 1 amide bonds. The fraction of sp³-hybridized carbons (Fsp3) is 0.0714. The number of anilines is 1. The first-order chi connectivity index (χ1) is 9.51. The molecule has 0 saturated carbocycles. The molecule has 0 aliphatic heterocycles. The topological polar surface area (TPSA) is 38.3 Å². The molecule has 6 heteroatoms. The molecule has 0 aromatic heterocycles. The van der Waals surface area contributed by atoms with Crippen LogP contribution in [-0.4, -0.2) is 13.0 Å². The van der Waals surface area contributed by atoms with Gasteiger partial charge in [-0.1, -0.05) is 39.1 Å². The average Bonchev–Trinajstić information content (AvgIpc) is 2.42. The average molecular weight is 375 g/mol. The van der Waals surface area contributed by atoms with Gasteiger partial charge in [0.25, 0.3) is 5.91 Å². The summed E-state index contributed by atoms with van der Waals surface area (Å²) in [4.78, 5) is 12.3. The standard InChI is InChI=1S/C14H10BrCl2NO2/c1-20-13-6-8(15)2-4-10(13)14(19)18-12-7-9(16)3-5-11(12)17/h2-7H,1H3,(H,18,19). The minimum Gasteiger partial charge on any atom is -0.496 e. The Morgan fingerprint density at radius 3 is 2.65 bits per heavy atom. The Bertz CT molecular complexity index is 662. The summed E-state index contributed by atoms with van der Waals surface area (Å²) in [5.74, 6) is 0.147. The van der Waals surface area contributed by atoms with Crippen molar-refractivity contribution in [3.63, 3.8) is 0 Å². The van der Waals surface area contributed by atoms with Gasteiger partial charge in [-0.25, -0.2) is 0 Å². The minimum absolute atomic E-state index is 0.321. The van der Waals surface area contributed by atoms with Crippen molar-refractivity contribution in [2.24, 2.45) is 0 Å². The van der Waals surface area contributed by atoms with Crippen molar-refractivity contribution >= 4 is 50.7 Å². The molecule has 0 aliphatic rings. The lowest BCUT2D eigenvalue weighted by molar-refractivity contribution is 0.102. The molecule has 0 radical (unpaired) electrons. The Morgan fingerprint density at radius 1 is 1.20 bits per heavy atom. The zero-order chi connectivity index (χ0) is 14.7. The van der Waals surface area contributed by atoms with E-state index in [-0.39, 0.29) is 5.91 Å². The Balaban J connectivity index is 2.30. The van der Waals surface area contributed by atoms with Gasteiger partial charge in [-0.05, 0) is 36.4 Å². The number of methoxy groups -OCH3 is 1. The van der Waals surface area contributed by atoms with E-state index in [1.54, 1.807) is 36.4 Å². The fourth-order valence-electron chi connectivity index (χ4n) is 1.64. The molecule has 104 valence electrons. The zero-order valence-electron chi connectivity index (χ0n) is 10.4. The quantitative estimate of drug-likeness (QED) is 0.819. The highest BCUT2D eigenvalue weighted by Gasteiger charge is 2.14. The molecule has 20 heavy (non-hydrogen) atoms. The Labute approximate surface area is 135 Å². The third kappa shape index (κ3) is 3.45. The maximum absolute atomic E-state index is 12.3. The minimum atomic E-state index is -0.321. The van der Waals surface area contributed by atoms with E-state index in [4.69, 9.17) is 27.9 Å². The molecule has 0 heterocycles. The monoisotopic (exact) mass is 373 g/mol. The highest BCUT2D eigenvalue weighted by atomic mass is 79.9. The molecule has 3 nitrogen and oxygen atoms in total. The number of carbonyl (C=O) groups is 1. The van der Waals surface area contributed by atoms with Gasteiger partial charge in [-0.2, -0.15) is 0 Å². The highest BCUT2D eigenvalue weighted by Crippen LogP contribution is 2.28. The number of rotatable bonds is 3. The van der Waals surface area contributed by atoms with E-state index in [0.29, 0.717) is 27.0 Å². The fourth-order valence-corrected chi connectivity index (χ4v) is 2.31. The van der Waals surface area contributed by atoms with Crippen LogP contribution in [0, 0.1) is 0 Å². The summed E-state index contributed by atoms with van der Waals surface area (Å²) in [5, 5.41) is 3.62. The van der Waals surface area contributed by atoms with Gasteiger partial charge in [0.15, 0.2) is 0 Å². The summed E-state index contributed by atoms with van der Waals surface area (Å²) < 4.78 is 6.01. The van der Waals surface area contributed by atoms with E-state index in [1.165, 1.54) is 7.11 Å². The molecular weight excluding hydrogens is 365 g/mol. The van der Waals surface area contributed by atoms with Crippen LogP contribution >= 0.6 is 39.1 Å². The van der Waals surface area contributed by atoms with Crippen LogP contribution in [-0.2, 0) is 0 Å². The number of hydrogen-bond donors (Lipinski definition) is 1. The summed E-state index contributed by atoms with van der Waals surface area (Å²) in [5.41, 5.74) is 0.862. The second kappa shape index (κ2) is 6.48. The van der Waals surface area contributed by atoms with Gasteiger partial charge in [0.2, 0.25) is 0 Å². The molecule has 0 atom stereocenters. The van der Waals surface area contributed by atoms with Crippen LogP contribution in [0.5, 0.6) is 5.75 Å². The van der Waals surface area contributed by atoms with Crippen LogP contribution in [0.2, 0.25) is 10.0 Å². The van der Waals surface area contributed by atoms with Crippen molar-refractivity contribution in [1.29, 1.82) is 0 Å². The van der Waals surface area contributed by atoms with Gasteiger partial charge < -0.3 is 10.1 Å². The number of nitrogens with one attached hydrogen (secondary N) is 1. The van der Waals surface area contributed by atoms with Gasteiger partial charge in [0, 0.05) is 9.50 Å². The zero-order valence-corrected chi connectivity index (χ0v) is 13.5. The molecule has 2 rings (SSSR count). The van der Waals surface area contributed by atoms with Gasteiger partial charge in [-0.3, -0.25) is 4.79 Å². The summed E-state index contributed by atoms with van der Waals surface area (Å²) in [6.45, 7) is 0. The lowest BCUT2D eigenvalue weighted by Crippen LogP contribution is -2.13. The van der Waals surface area contributed by atoms with Gasteiger partial charge in [0.05, 0.1) is 23.4 Å². The first-order valence-electron chi connectivity index (χ1n) is 5.61. The predicted molar refractivity (Wildman–Crippen MR) is 85.1 cm³/mol. The summed E-state index contributed by atoms with van der Waals surface area (Å²) >= 11 is 15.2. The van der Waals surface area contributed by atoms with E-state index in [9.17, 15) is 4.79 Å². The molecule has 0 unspecified atom stereocenters. The van der Waals surface area contributed by atoms with Crippen molar-refractivity contribution in [2.45, 2.75) is 0 Å². The van der Waals surface area contributed by atoms with Crippen LogP contribution in [0.25, 0.3) is 0 Å². The van der Waals surface area contributed by atoms with E-state index < -0.39 is 0 Å². The molecule has 0 saturated heterocycles. The molecule has 0 spiro atoms. The van der Waals surface area contributed by atoms with Crippen LogP contribution in [0.1, 0.15) is 10.4 Å². The Hall–Kier alpha value is -1.23. The third-order valence-electron chi connectivity index (χ3n) is 2.58. The maximum atomic E-state index is 12.3. The summed E-state index contributed by atoms with van der Waals surface area (Å²) in [7, 11) is 1.50. The van der Waals surface area contributed by atoms with Crippen molar-refractivity contribution in [2.75, 3.05) is 12.4 Å². The van der Waals surface area contributed by atoms with Crippen molar-refractivity contribution in [1.82, 2.24) is 0 Å². The molecule has 2 aromatic carbocycles. The Morgan fingerprint density at radius 2 is 1.95 bits per heavy atom. The second-order valence-corrected chi connectivity index (χ2v) is 5.68. The molecule has 2 aromatic rings. The number of ether oxygens (including phenoxy) is 1. The highest BCUT2D eigenvalue weighted by molar-refractivity contribution is 9.10. The molecule has 1 N–H and O–H groups in total.